The zero-order valence-corrected chi connectivity index (χ0v) is 13.6. The Labute approximate surface area is 151 Å². The Kier molecular flexibility index (Phi) is 4.25. The van der Waals surface area contributed by atoms with Crippen molar-refractivity contribution in [1.82, 2.24) is 20.2 Å². The van der Waals surface area contributed by atoms with E-state index in [9.17, 15) is 13.2 Å². The lowest BCUT2D eigenvalue weighted by molar-refractivity contribution is 0.449. The van der Waals surface area contributed by atoms with Crippen LogP contribution in [0.5, 0.6) is 0 Å². The molecule has 0 bridgehead atoms. The second-order valence-electron chi connectivity index (χ2n) is 5.52. The van der Waals surface area contributed by atoms with Gasteiger partial charge in [0.2, 0.25) is 5.95 Å². The Morgan fingerprint density at radius 2 is 1.67 bits per heavy atom. The zero-order valence-electron chi connectivity index (χ0n) is 13.6. The van der Waals surface area contributed by atoms with Gasteiger partial charge in [0.05, 0.1) is 23.1 Å². The number of rotatable bonds is 4. The Balaban J connectivity index is 1.62. The molecule has 0 spiro atoms. The van der Waals surface area contributed by atoms with Gasteiger partial charge in [-0.3, -0.25) is 4.98 Å². The minimum absolute atomic E-state index is 0.102. The van der Waals surface area contributed by atoms with Gasteiger partial charge in [-0.25, -0.2) is 13.2 Å². The van der Waals surface area contributed by atoms with E-state index in [1.807, 2.05) is 24.3 Å². The van der Waals surface area contributed by atoms with Crippen LogP contribution in [0.2, 0.25) is 0 Å². The summed E-state index contributed by atoms with van der Waals surface area (Å²) in [4.78, 5) is 8.47. The van der Waals surface area contributed by atoms with Gasteiger partial charge >= 0.3 is 0 Å². The van der Waals surface area contributed by atoms with Crippen molar-refractivity contribution < 1.29 is 13.2 Å². The van der Waals surface area contributed by atoms with Crippen molar-refractivity contribution in [2.75, 3.05) is 10.6 Å². The van der Waals surface area contributed by atoms with Gasteiger partial charge in [-0.2, -0.15) is 10.1 Å². The maximum absolute atomic E-state index is 13.8. The fourth-order valence-corrected chi connectivity index (χ4v) is 2.50. The predicted molar refractivity (Wildman–Crippen MR) is 94.5 cm³/mol. The van der Waals surface area contributed by atoms with E-state index in [0.717, 1.165) is 17.5 Å². The first-order valence-corrected chi connectivity index (χ1v) is 7.83. The summed E-state index contributed by atoms with van der Waals surface area (Å²) in [6.07, 6.45) is 2.89. The first-order valence-electron chi connectivity index (χ1n) is 7.83. The van der Waals surface area contributed by atoms with E-state index in [2.05, 4.69) is 30.8 Å². The third-order valence-electron chi connectivity index (χ3n) is 3.74. The van der Waals surface area contributed by atoms with Gasteiger partial charge < -0.3 is 10.6 Å². The fourth-order valence-electron chi connectivity index (χ4n) is 2.50. The molecule has 2 aromatic carbocycles. The molecular formula is C18H11F3N6. The van der Waals surface area contributed by atoms with Crippen LogP contribution < -0.4 is 10.6 Å². The van der Waals surface area contributed by atoms with E-state index < -0.39 is 17.5 Å². The van der Waals surface area contributed by atoms with Crippen LogP contribution >= 0.6 is 0 Å². The largest absolute Gasteiger partial charge is 0.336 e. The highest BCUT2D eigenvalue weighted by atomic mass is 19.2. The molecule has 2 heterocycles. The molecular weight excluding hydrogens is 357 g/mol. The molecule has 0 aliphatic carbocycles. The first-order chi connectivity index (χ1) is 13.1. The van der Waals surface area contributed by atoms with Gasteiger partial charge in [-0.15, -0.1) is 5.10 Å². The number of nitrogens with one attached hydrogen (secondary N) is 2. The monoisotopic (exact) mass is 368 g/mol. The summed E-state index contributed by atoms with van der Waals surface area (Å²) in [5, 5.41) is 14.1. The van der Waals surface area contributed by atoms with Gasteiger partial charge in [0, 0.05) is 11.6 Å². The third-order valence-corrected chi connectivity index (χ3v) is 3.74. The Morgan fingerprint density at radius 1 is 0.815 bits per heavy atom. The standard InChI is InChI=1S/C18H11F3N6/c19-11-6-7-12(16(21)15(11)20)24-14-9-23-27-18(26-14)25-13-5-1-3-10-4-2-8-22-17(10)13/h1-9H,(H2,24,25,26,27). The molecule has 27 heavy (non-hydrogen) atoms. The molecule has 0 aliphatic heterocycles. The molecule has 134 valence electrons. The molecule has 0 amide bonds. The van der Waals surface area contributed by atoms with Gasteiger partial charge in [0.15, 0.2) is 23.3 Å². The third kappa shape index (κ3) is 3.34. The van der Waals surface area contributed by atoms with E-state index in [-0.39, 0.29) is 17.5 Å². The summed E-state index contributed by atoms with van der Waals surface area (Å²) in [5.41, 5.74) is 1.10. The number of aromatic nitrogens is 4. The van der Waals surface area contributed by atoms with Crippen LogP contribution in [-0.4, -0.2) is 20.2 Å². The highest BCUT2D eigenvalue weighted by Crippen LogP contribution is 2.25. The maximum atomic E-state index is 13.8. The van der Waals surface area contributed by atoms with Crippen molar-refractivity contribution in [3.05, 3.63) is 72.3 Å². The lowest BCUT2D eigenvalue weighted by atomic mass is 10.2. The van der Waals surface area contributed by atoms with Crippen molar-refractivity contribution in [1.29, 1.82) is 0 Å². The van der Waals surface area contributed by atoms with E-state index in [1.165, 1.54) is 6.20 Å². The topological polar surface area (TPSA) is 75.6 Å². The van der Waals surface area contributed by atoms with Crippen molar-refractivity contribution >= 4 is 34.0 Å². The van der Waals surface area contributed by atoms with Crippen molar-refractivity contribution in [2.24, 2.45) is 0 Å². The molecule has 0 aliphatic rings. The average Bonchev–Trinajstić information content (AvgIpc) is 2.69. The number of nitrogens with zero attached hydrogens (tertiary/aromatic N) is 4. The van der Waals surface area contributed by atoms with Crippen LogP contribution in [0.15, 0.2) is 54.9 Å². The average molecular weight is 368 g/mol. The summed E-state index contributed by atoms with van der Waals surface area (Å²) in [7, 11) is 0. The molecule has 4 rings (SSSR count). The van der Waals surface area contributed by atoms with Gasteiger partial charge in [0.1, 0.15) is 0 Å². The summed E-state index contributed by atoms with van der Waals surface area (Å²) in [6, 6.07) is 11.2. The summed E-state index contributed by atoms with van der Waals surface area (Å²) < 4.78 is 40.2. The van der Waals surface area contributed by atoms with Crippen LogP contribution in [0.25, 0.3) is 10.9 Å². The van der Waals surface area contributed by atoms with Gasteiger partial charge in [0.25, 0.3) is 0 Å². The van der Waals surface area contributed by atoms with Gasteiger partial charge in [-0.1, -0.05) is 18.2 Å². The number of hydrogen-bond donors (Lipinski definition) is 2. The molecule has 0 atom stereocenters. The van der Waals surface area contributed by atoms with Crippen LogP contribution in [0.4, 0.5) is 36.3 Å². The molecule has 2 aromatic heterocycles. The molecule has 0 saturated heterocycles. The number of hydrogen-bond acceptors (Lipinski definition) is 6. The summed E-state index contributed by atoms with van der Waals surface area (Å²) in [6.45, 7) is 0. The quantitative estimate of drug-likeness (QED) is 0.523. The second-order valence-corrected chi connectivity index (χ2v) is 5.52. The molecule has 0 unspecified atom stereocenters. The minimum atomic E-state index is -1.57. The minimum Gasteiger partial charge on any atom is -0.336 e. The van der Waals surface area contributed by atoms with E-state index in [4.69, 9.17) is 0 Å². The van der Waals surface area contributed by atoms with E-state index in [0.29, 0.717) is 11.2 Å². The molecule has 0 fully saturated rings. The Morgan fingerprint density at radius 3 is 2.56 bits per heavy atom. The number of para-hydroxylation sites is 1. The summed E-state index contributed by atoms with van der Waals surface area (Å²) >= 11 is 0. The molecule has 0 saturated carbocycles. The van der Waals surface area contributed by atoms with E-state index >= 15 is 0 Å². The highest BCUT2D eigenvalue weighted by molar-refractivity contribution is 5.91. The van der Waals surface area contributed by atoms with Crippen molar-refractivity contribution in [3.63, 3.8) is 0 Å². The van der Waals surface area contributed by atoms with Gasteiger partial charge in [-0.05, 0) is 24.3 Å². The van der Waals surface area contributed by atoms with Crippen molar-refractivity contribution in [2.45, 2.75) is 0 Å². The number of pyridine rings is 1. The SMILES string of the molecule is Fc1ccc(Nc2cnnc(Nc3cccc4cccnc34)n2)c(F)c1F. The first kappa shape index (κ1) is 16.7. The Hall–Kier alpha value is -3.75. The number of benzene rings is 2. The molecule has 0 radical (unpaired) electrons. The normalized spacial score (nSPS) is 10.8. The van der Waals surface area contributed by atoms with Crippen LogP contribution in [0.1, 0.15) is 0 Å². The highest BCUT2D eigenvalue weighted by Gasteiger charge is 2.14. The van der Waals surface area contributed by atoms with Crippen LogP contribution in [0.3, 0.4) is 0 Å². The summed E-state index contributed by atoms with van der Waals surface area (Å²) in [5.74, 6) is -3.96. The zero-order chi connectivity index (χ0) is 18.8. The molecule has 2 N–H and O–H groups in total. The number of fused-ring (bicyclic) bond motifs is 1. The molecule has 6 nitrogen and oxygen atoms in total. The lowest BCUT2D eigenvalue weighted by Crippen LogP contribution is -2.04. The molecule has 9 heteroatoms. The molecule has 4 aromatic rings. The fraction of sp³-hybridized carbons (Fsp3) is 0. The van der Waals surface area contributed by atoms with Crippen LogP contribution in [-0.2, 0) is 0 Å². The second kappa shape index (κ2) is 6.87. The van der Waals surface area contributed by atoms with E-state index in [1.54, 1.807) is 12.3 Å². The van der Waals surface area contributed by atoms with Crippen LogP contribution in [0, 0.1) is 17.5 Å². The number of halogens is 3. The van der Waals surface area contributed by atoms with Crippen molar-refractivity contribution in [3.8, 4) is 0 Å². The smallest absolute Gasteiger partial charge is 0.249 e. The predicted octanol–water partition coefficient (Wildman–Crippen LogP) is 4.32. The lowest BCUT2D eigenvalue weighted by Gasteiger charge is -2.10. The Bertz CT molecular complexity index is 1130. The maximum Gasteiger partial charge on any atom is 0.249 e. The number of anilines is 4.